The van der Waals surface area contributed by atoms with Crippen LogP contribution in [0.15, 0.2) is 146 Å². The molecule has 0 saturated heterocycles. The van der Waals surface area contributed by atoms with Gasteiger partial charge in [0.15, 0.2) is 0 Å². The molecule has 4 aliphatic rings. The van der Waals surface area contributed by atoms with E-state index in [0.717, 1.165) is 6.42 Å². The summed E-state index contributed by atoms with van der Waals surface area (Å²) < 4.78 is 0. The molecule has 4 aliphatic heterocycles. The predicted octanol–water partition coefficient (Wildman–Crippen LogP) is 10.1. The molecule has 0 spiro atoms. The van der Waals surface area contributed by atoms with Gasteiger partial charge in [0.1, 0.15) is 0 Å². The van der Waals surface area contributed by atoms with Gasteiger partial charge in [0, 0.05) is 18.4 Å². The van der Waals surface area contributed by atoms with E-state index in [1.165, 1.54) is 154 Å². The number of hydrogen-bond acceptors (Lipinski definition) is 1. The van der Waals surface area contributed by atoms with Crippen molar-refractivity contribution in [3.8, 4) is 44.5 Å². The molecule has 10 aromatic carbocycles. The second-order valence-electron chi connectivity index (χ2n) is 18.5. The molecule has 61 heavy (non-hydrogen) atoms. The van der Waals surface area contributed by atoms with E-state index >= 15 is 0 Å². The first kappa shape index (κ1) is 33.9. The Balaban J connectivity index is 1.28. The van der Waals surface area contributed by atoms with Gasteiger partial charge in [-0.15, -0.1) is 0 Å². The topological polar surface area (TPSA) is 3.24 Å². The number of aryl methyl sites for hydroxylation is 4. The molecule has 0 saturated carbocycles. The summed E-state index contributed by atoms with van der Waals surface area (Å²) >= 11 is 0. The predicted molar refractivity (Wildman–Crippen MR) is 264 cm³/mol. The fourth-order valence-electron chi connectivity index (χ4n) is 13.1. The molecule has 0 bridgehead atoms. The normalized spacial score (nSPS) is 13.8. The molecule has 0 unspecified atom stereocenters. The van der Waals surface area contributed by atoms with E-state index in [2.05, 4.69) is 185 Å². The lowest BCUT2D eigenvalue weighted by Gasteiger charge is -2.40. The van der Waals surface area contributed by atoms with E-state index in [9.17, 15) is 0 Å². The van der Waals surface area contributed by atoms with Crippen molar-refractivity contribution in [2.24, 2.45) is 0 Å². The van der Waals surface area contributed by atoms with Crippen molar-refractivity contribution in [2.45, 2.75) is 34.1 Å². The summed E-state index contributed by atoms with van der Waals surface area (Å²) in [7, 11) is 2.25. The summed E-state index contributed by atoms with van der Waals surface area (Å²) in [6.45, 7) is 9.50. The fraction of sp³-hybridized carbons (Fsp3) is 0.103. The highest BCUT2D eigenvalue weighted by Crippen LogP contribution is 2.51. The largest absolute Gasteiger partial charge is 0.345 e. The van der Waals surface area contributed by atoms with Crippen LogP contribution in [0.5, 0.6) is 0 Å². The lowest BCUT2D eigenvalue weighted by Crippen LogP contribution is -2.60. The number of fused-ring (bicyclic) bond motifs is 8. The molecule has 14 rings (SSSR count). The molecule has 0 amide bonds. The van der Waals surface area contributed by atoms with Gasteiger partial charge < -0.3 is 4.90 Å². The highest BCUT2D eigenvalue weighted by Gasteiger charge is 2.43. The maximum atomic E-state index is 2.68. The number of nitrogens with zero attached hydrogens (tertiary/aromatic N) is 1. The smallest absolute Gasteiger partial charge is 0.248 e. The molecular weight excluding hydrogens is 732 g/mol. The van der Waals surface area contributed by atoms with Crippen molar-refractivity contribution < 1.29 is 0 Å². The molecule has 10 aromatic rings. The van der Waals surface area contributed by atoms with Crippen LogP contribution in [0.1, 0.15) is 33.4 Å². The Bertz CT molecular complexity index is 3610. The van der Waals surface area contributed by atoms with Gasteiger partial charge in [-0.05, 0) is 180 Å². The van der Waals surface area contributed by atoms with Gasteiger partial charge in [-0.2, -0.15) is 0 Å². The third-order valence-corrected chi connectivity index (χ3v) is 15.4. The molecule has 0 fully saturated rings. The Hall–Kier alpha value is -6.83. The van der Waals surface area contributed by atoms with Gasteiger partial charge in [0.25, 0.3) is 0 Å². The third-order valence-electron chi connectivity index (χ3n) is 15.4. The summed E-state index contributed by atoms with van der Waals surface area (Å²) in [6.07, 6.45) is 0.969. The van der Waals surface area contributed by atoms with Crippen LogP contribution in [0.3, 0.4) is 0 Å². The van der Waals surface area contributed by atoms with Crippen molar-refractivity contribution in [1.29, 1.82) is 0 Å². The summed E-state index contributed by atoms with van der Waals surface area (Å²) in [6, 6.07) is 56.9. The second-order valence-corrected chi connectivity index (χ2v) is 18.5. The standard InChI is InChI=1S/C58H41B2N/c1-31-14-10-15-32(2)51(31)41-27-39-37-20-12-19-36-26-35-18-6-7-22-45(35)59(57(36)37)47-29-43-42(52-33(3)16-11-17-34(52)4)28-40-38-21-13-25-50-58(38)60(46-23-8-9-24-49(46)61(50)5)48-30-44(41)55(53(39)47)56(43)54(40)48/h6-25,27-30H,26H2,1-5H3. The maximum Gasteiger partial charge on any atom is 0.248 e. The van der Waals surface area contributed by atoms with Crippen LogP contribution in [-0.4, -0.2) is 20.5 Å². The van der Waals surface area contributed by atoms with Gasteiger partial charge >= 0.3 is 0 Å². The maximum absolute atomic E-state index is 2.68. The zero-order valence-corrected chi connectivity index (χ0v) is 35.2. The number of para-hydroxylation sites is 1. The van der Waals surface area contributed by atoms with Crippen molar-refractivity contribution in [3.05, 3.63) is 179 Å². The van der Waals surface area contributed by atoms with E-state index in [0.29, 0.717) is 0 Å². The average Bonchev–Trinajstić information content (AvgIpc) is 3.27. The molecule has 0 N–H and O–H groups in total. The van der Waals surface area contributed by atoms with Crippen LogP contribution < -0.4 is 37.7 Å². The molecule has 0 aromatic heterocycles. The van der Waals surface area contributed by atoms with Crippen LogP contribution in [0.2, 0.25) is 0 Å². The fourth-order valence-corrected chi connectivity index (χ4v) is 13.1. The molecule has 0 aliphatic carbocycles. The first-order valence-electron chi connectivity index (χ1n) is 22.0. The number of hydrogen-bond donors (Lipinski definition) is 0. The molecule has 0 radical (unpaired) electrons. The molecule has 1 nitrogen and oxygen atoms in total. The molecule has 0 atom stereocenters. The molecule has 4 heterocycles. The van der Waals surface area contributed by atoms with Gasteiger partial charge in [0.05, 0.1) is 0 Å². The van der Waals surface area contributed by atoms with Gasteiger partial charge in [-0.25, -0.2) is 0 Å². The minimum atomic E-state index is 0.107. The summed E-state index contributed by atoms with van der Waals surface area (Å²) in [5.41, 5.74) is 30.3. The number of rotatable bonds is 2. The molecule has 284 valence electrons. The SMILES string of the molecule is Cc1cccc(C)c1-c1cc2c3c(cc4c(-c5c(C)cccc5C)cc5c6c(cc1c3c46)B1c3ccccc3N(C)c3cccc-5c31)B1c3ccccc3Cc3cccc-2c31. The van der Waals surface area contributed by atoms with Crippen molar-refractivity contribution >= 4 is 89.9 Å². The molecular formula is C58H41B2N. The second kappa shape index (κ2) is 11.7. The van der Waals surface area contributed by atoms with Crippen LogP contribution in [-0.2, 0) is 6.42 Å². The Morgan fingerprint density at radius 2 is 0.852 bits per heavy atom. The van der Waals surface area contributed by atoms with Crippen molar-refractivity contribution in [1.82, 2.24) is 0 Å². The molecule has 3 heteroatoms. The zero-order valence-electron chi connectivity index (χ0n) is 35.2. The average molecular weight is 774 g/mol. The van der Waals surface area contributed by atoms with Crippen molar-refractivity contribution in [2.75, 3.05) is 11.9 Å². The summed E-state index contributed by atoms with van der Waals surface area (Å²) in [5, 5.41) is 8.45. The first-order chi connectivity index (χ1) is 29.9. The van der Waals surface area contributed by atoms with E-state index in [1.54, 1.807) is 0 Å². The highest BCUT2D eigenvalue weighted by molar-refractivity contribution is 7.02. The van der Waals surface area contributed by atoms with Crippen molar-refractivity contribution in [3.63, 3.8) is 0 Å². The van der Waals surface area contributed by atoms with Crippen LogP contribution in [0.25, 0.3) is 76.8 Å². The Morgan fingerprint density at radius 3 is 1.48 bits per heavy atom. The van der Waals surface area contributed by atoms with Crippen LogP contribution in [0, 0.1) is 27.7 Å². The van der Waals surface area contributed by atoms with E-state index < -0.39 is 0 Å². The summed E-state index contributed by atoms with van der Waals surface area (Å²) in [4.78, 5) is 2.43. The lowest BCUT2D eigenvalue weighted by atomic mass is 9.30. The van der Waals surface area contributed by atoms with Gasteiger partial charge in [-0.1, -0.05) is 143 Å². The van der Waals surface area contributed by atoms with E-state index in [1.807, 2.05) is 0 Å². The highest BCUT2D eigenvalue weighted by atomic mass is 15.1. The van der Waals surface area contributed by atoms with Crippen LogP contribution in [0.4, 0.5) is 11.4 Å². The minimum Gasteiger partial charge on any atom is -0.345 e. The lowest BCUT2D eigenvalue weighted by molar-refractivity contribution is 1.21. The monoisotopic (exact) mass is 773 g/mol. The minimum absolute atomic E-state index is 0.107. The Kier molecular flexibility index (Phi) is 6.52. The van der Waals surface area contributed by atoms with E-state index in [-0.39, 0.29) is 13.4 Å². The first-order valence-corrected chi connectivity index (χ1v) is 22.0. The Morgan fingerprint density at radius 1 is 0.377 bits per heavy atom. The summed E-state index contributed by atoms with van der Waals surface area (Å²) in [5.74, 6) is 0. The Labute approximate surface area is 357 Å². The number of anilines is 2. The number of benzene rings is 10. The quantitative estimate of drug-likeness (QED) is 0.125. The van der Waals surface area contributed by atoms with Gasteiger partial charge in [0.2, 0.25) is 13.4 Å². The van der Waals surface area contributed by atoms with Crippen LogP contribution >= 0.6 is 0 Å². The zero-order chi connectivity index (χ0) is 40.6. The van der Waals surface area contributed by atoms with E-state index in [4.69, 9.17) is 0 Å². The van der Waals surface area contributed by atoms with Gasteiger partial charge in [-0.3, -0.25) is 0 Å². The third kappa shape index (κ3) is 4.15.